The third-order valence-corrected chi connectivity index (χ3v) is 6.65. The van der Waals surface area contributed by atoms with Crippen LogP contribution in [0.3, 0.4) is 0 Å². The predicted molar refractivity (Wildman–Crippen MR) is 114 cm³/mol. The molecule has 1 unspecified atom stereocenters. The number of nitrogens with one attached hydrogen (secondary N) is 2. The summed E-state index contributed by atoms with van der Waals surface area (Å²) in [7, 11) is 0. The van der Waals surface area contributed by atoms with E-state index in [1.54, 1.807) is 11.3 Å². The van der Waals surface area contributed by atoms with Gasteiger partial charge in [-0.3, -0.25) is 9.89 Å². The molecule has 0 radical (unpaired) electrons. The lowest BCUT2D eigenvalue weighted by Crippen LogP contribution is -2.48. The molecule has 1 aliphatic rings. The highest BCUT2D eigenvalue weighted by Crippen LogP contribution is 2.21. The number of guanidine groups is 1. The summed E-state index contributed by atoms with van der Waals surface area (Å²) in [4.78, 5) is 8.80. The first kappa shape index (κ1) is 19.4. The highest BCUT2D eigenvalue weighted by atomic mass is 32.1. The summed E-state index contributed by atoms with van der Waals surface area (Å²) in [5, 5.41) is 13.6. The van der Waals surface area contributed by atoms with Crippen LogP contribution in [-0.2, 0) is 6.54 Å². The summed E-state index contributed by atoms with van der Waals surface area (Å²) in [5.41, 5.74) is 1.44. The van der Waals surface area contributed by atoms with Crippen LogP contribution >= 0.6 is 22.7 Å². The van der Waals surface area contributed by atoms with E-state index in [0.717, 1.165) is 38.7 Å². The second kappa shape index (κ2) is 10.1. The van der Waals surface area contributed by atoms with Crippen LogP contribution in [0, 0.1) is 0 Å². The van der Waals surface area contributed by atoms with Crippen molar-refractivity contribution in [3.8, 4) is 0 Å². The zero-order chi connectivity index (χ0) is 18.2. The molecule has 6 heteroatoms. The van der Waals surface area contributed by atoms with Gasteiger partial charge in [0.05, 0.1) is 6.54 Å². The van der Waals surface area contributed by atoms with Crippen LogP contribution in [0.5, 0.6) is 0 Å². The molecule has 1 atom stereocenters. The topological polar surface area (TPSA) is 39.7 Å². The van der Waals surface area contributed by atoms with Gasteiger partial charge in [0.25, 0.3) is 0 Å². The molecule has 0 amide bonds. The first-order valence-corrected chi connectivity index (χ1v) is 11.4. The summed E-state index contributed by atoms with van der Waals surface area (Å²) in [5.74, 6) is 1.44. The van der Waals surface area contributed by atoms with Crippen LogP contribution in [0.25, 0.3) is 0 Å². The van der Waals surface area contributed by atoms with Gasteiger partial charge < -0.3 is 10.6 Å². The van der Waals surface area contributed by atoms with Crippen molar-refractivity contribution in [2.45, 2.75) is 45.2 Å². The van der Waals surface area contributed by atoms with E-state index >= 15 is 0 Å². The molecule has 0 aromatic carbocycles. The molecule has 2 N–H and O–H groups in total. The van der Waals surface area contributed by atoms with Crippen molar-refractivity contribution >= 4 is 28.6 Å². The highest BCUT2D eigenvalue weighted by Gasteiger charge is 2.20. The first-order chi connectivity index (χ1) is 12.7. The molecule has 142 valence electrons. The number of hydrogen-bond acceptors (Lipinski definition) is 4. The smallest absolute Gasteiger partial charge is 0.191 e. The standard InChI is InChI=1S/C20H30N4S2/c1-3-21-20(22-13-16(2)19-5-4-11-26-19)23-18-6-9-24(10-7-18)14-17-8-12-25-15-17/h4-5,8,11-12,15-16,18H,3,6-7,9-10,13-14H2,1-2H3,(H2,21,22,23). The van der Waals surface area contributed by atoms with Crippen molar-refractivity contribution in [2.75, 3.05) is 26.2 Å². The number of thiophene rings is 2. The van der Waals surface area contributed by atoms with Crippen LogP contribution in [0.15, 0.2) is 39.3 Å². The quantitative estimate of drug-likeness (QED) is 0.551. The number of nitrogens with zero attached hydrogens (tertiary/aromatic N) is 2. The Bertz CT molecular complexity index is 643. The summed E-state index contributed by atoms with van der Waals surface area (Å²) in [6.45, 7) is 9.49. The third-order valence-electron chi connectivity index (χ3n) is 4.81. The number of piperidine rings is 1. The number of aliphatic imine (C=N–C) groups is 1. The van der Waals surface area contributed by atoms with E-state index in [9.17, 15) is 0 Å². The van der Waals surface area contributed by atoms with Gasteiger partial charge in [-0.2, -0.15) is 11.3 Å². The Kier molecular flexibility index (Phi) is 7.53. The monoisotopic (exact) mass is 390 g/mol. The van der Waals surface area contributed by atoms with E-state index in [4.69, 9.17) is 4.99 Å². The SMILES string of the molecule is CCNC(=NCC(C)c1cccs1)NC1CCN(Cc2ccsc2)CC1. The second-order valence-electron chi connectivity index (χ2n) is 6.96. The first-order valence-electron chi connectivity index (χ1n) is 9.56. The Morgan fingerprint density at radius 3 is 2.81 bits per heavy atom. The van der Waals surface area contributed by atoms with Crippen LogP contribution in [-0.4, -0.2) is 43.1 Å². The van der Waals surface area contributed by atoms with Crippen LogP contribution in [0.4, 0.5) is 0 Å². The fraction of sp³-hybridized carbons (Fsp3) is 0.550. The molecule has 1 aliphatic heterocycles. The number of likely N-dealkylation sites (tertiary alicyclic amines) is 1. The zero-order valence-corrected chi connectivity index (χ0v) is 17.4. The molecule has 1 fully saturated rings. The molecule has 3 heterocycles. The largest absolute Gasteiger partial charge is 0.357 e. The van der Waals surface area contributed by atoms with E-state index in [1.807, 2.05) is 11.3 Å². The molecule has 0 bridgehead atoms. The van der Waals surface area contributed by atoms with E-state index in [0.29, 0.717) is 12.0 Å². The van der Waals surface area contributed by atoms with Crippen LogP contribution in [0.2, 0.25) is 0 Å². The molecular weight excluding hydrogens is 360 g/mol. The predicted octanol–water partition coefficient (Wildman–Crippen LogP) is 4.13. The van der Waals surface area contributed by atoms with Gasteiger partial charge >= 0.3 is 0 Å². The van der Waals surface area contributed by atoms with E-state index in [2.05, 4.69) is 63.7 Å². The van der Waals surface area contributed by atoms with E-state index in [-0.39, 0.29) is 0 Å². The molecule has 26 heavy (non-hydrogen) atoms. The van der Waals surface area contributed by atoms with Crippen molar-refractivity contribution < 1.29 is 0 Å². The molecule has 2 aromatic heterocycles. The molecule has 3 rings (SSSR count). The number of rotatable bonds is 7. The summed E-state index contributed by atoms with van der Waals surface area (Å²) >= 11 is 3.61. The normalized spacial score (nSPS) is 18.0. The summed E-state index contributed by atoms with van der Waals surface area (Å²) in [6, 6.07) is 7.07. The van der Waals surface area contributed by atoms with Gasteiger partial charge in [-0.1, -0.05) is 13.0 Å². The fourth-order valence-corrected chi connectivity index (χ4v) is 4.72. The minimum atomic E-state index is 0.470. The van der Waals surface area contributed by atoms with Gasteiger partial charge in [-0.15, -0.1) is 11.3 Å². The summed E-state index contributed by atoms with van der Waals surface area (Å²) in [6.07, 6.45) is 2.35. The van der Waals surface area contributed by atoms with Crippen molar-refractivity contribution in [1.29, 1.82) is 0 Å². The Hall–Kier alpha value is -1.37. The zero-order valence-electron chi connectivity index (χ0n) is 15.8. The van der Waals surface area contributed by atoms with Gasteiger partial charge in [0, 0.05) is 43.0 Å². The Morgan fingerprint density at radius 1 is 1.31 bits per heavy atom. The van der Waals surface area contributed by atoms with Crippen molar-refractivity contribution in [3.05, 3.63) is 44.8 Å². The maximum Gasteiger partial charge on any atom is 0.191 e. The molecular formula is C20H30N4S2. The molecule has 4 nitrogen and oxygen atoms in total. The van der Waals surface area contributed by atoms with Gasteiger partial charge in [0.2, 0.25) is 0 Å². The maximum absolute atomic E-state index is 4.83. The number of hydrogen-bond donors (Lipinski definition) is 2. The molecule has 0 aliphatic carbocycles. The third kappa shape index (κ3) is 5.83. The van der Waals surface area contributed by atoms with E-state index < -0.39 is 0 Å². The lowest BCUT2D eigenvalue weighted by molar-refractivity contribution is 0.198. The maximum atomic E-state index is 4.83. The average Bonchev–Trinajstić information content (AvgIpc) is 3.35. The molecule has 0 spiro atoms. The van der Waals surface area contributed by atoms with Crippen molar-refractivity contribution in [1.82, 2.24) is 15.5 Å². The van der Waals surface area contributed by atoms with Crippen molar-refractivity contribution in [2.24, 2.45) is 4.99 Å². The van der Waals surface area contributed by atoms with Gasteiger partial charge in [-0.25, -0.2) is 0 Å². The average molecular weight is 391 g/mol. The minimum Gasteiger partial charge on any atom is -0.357 e. The van der Waals surface area contributed by atoms with E-state index in [1.165, 1.54) is 23.3 Å². The lowest BCUT2D eigenvalue weighted by Gasteiger charge is -2.33. The van der Waals surface area contributed by atoms with Crippen LogP contribution < -0.4 is 10.6 Å². The Morgan fingerprint density at radius 2 is 2.15 bits per heavy atom. The molecule has 2 aromatic rings. The van der Waals surface area contributed by atoms with Crippen molar-refractivity contribution in [3.63, 3.8) is 0 Å². The van der Waals surface area contributed by atoms with Gasteiger partial charge in [0.1, 0.15) is 0 Å². The Balaban J connectivity index is 1.46. The Labute approximate surface area is 165 Å². The second-order valence-corrected chi connectivity index (χ2v) is 8.72. The molecule has 1 saturated heterocycles. The molecule has 0 saturated carbocycles. The highest BCUT2D eigenvalue weighted by molar-refractivity contribution is 7.10. The minimum absolute atomic E-state index is 0.470. The fourth-order valence-electron chi connectivity index (χ4n) is 3.28. The summed E-state index contributed by atoms with van der Waals surface area (Å²) < 4.78 is 0. The van der Waals surface area contributed by atoms with Gasteiger partial charge in [-0.05, 0) is 53.6 Å². The lowest BCUT2D eigenvalue weighted by atomic mass is 10.0. The van der Waals surface area contributed by atoms with Crippen LogP contribution in [0.1, 0.15) is 43.0 Å². The van der Waals surface area contributed by atoms with Gasteiger partial charge in [0.15, 0.2) is 5.96 Å².